The largest absolute Gasteiger partial charge is 0.482 e. The van der Waals surface area contributed by atoms with Gasteiger partial charge in [-0.3, -0.25) is 0 Å². The van der Waals surface area contributed by atoms with Crippen LogP contribution < -0.4 is 15.4 Å². The van der Waals surface area contributed by atoms with Gasteiger partial charge in [-0.25, -0.2) is 0 Å². The minimum atomic E-state index is -4.37. The summed E-state index contributed by atoms with van der Waals surface area (Å²) in [6, 6.07) is 3.21. The molecule has 2 N–H and O–H groups in total. The molecule has 0 spiro atoms. The number of halogens is 3. The molecule has 7 heteroatoms. The summed E-state index contributed by atoms with van der Waals surface area (Å²) in [5.74, 6) is 0.160. The van der Waals surface area contributed by atoms with Gasteiger partial charge in [0.2, 0.25) is 0 Å². The highest BCUT2D eigenvalue weighted by Gasteiger charge is 2.29. The number of anilines is 2. The van der Waals surface area contributed by atoms with Crippen molar-refractivity contribution in [1.82, 2.24) is 0 Å². The molecule has 20 heavy (non-hydrogen) atoms. The minimum Gasteiger partial charge on any atom is -0.482 e. The van der Waals surface area contributed by atoms with Gasteiger partial charge in [0.1, 0.15) is 5.75 Å². The molecule has 4 nitrogen and oxygen atoms in total. The number of benzene rings is 1. The Labute approximate surface area is 115 Å². The quantitative estimate of drug-likeness (QED) is 0.868. The Bertz CT molecular complexity index is 471. The first-order valence-electron chi connectivity index (χ1n) is 6.29. The average molecular weight is 290 g/mol. The molecule has 1 aromatic carbocycles. The standard InChI is InChI=1S/C13H17F3N2O2/c1-9-6-11(18-2-4-19-5-3-18)12(7-10(9)17)20-8-13(14,15)16/h6-7H,2-5,8,17H2,1H3. The van der Waals surface area contributed by atoms with Crippen LogP contribution in [0.15, 0.2) is 12.1 Å². The van der Waals surface area contributed by atoms with Crippen molar-refractivity contribution >= 4 is 11.4 Å². The molecule has 0 saturated carbocycles. The number of morpholine rings is 1. The maximum absolute atomic E-state index is 12.3. The molecule has 0 unspecified atom stereocenters. The van der Waals surface area contributed by atoms with Crippen molar-refractivity contribution in [2.45, 2.75) is 13.1 Å². The number of nitrogens with zero attached hydrogens (tertiary/aromatic N) is 1. The molecule has 1 aromatic rings. The highest BCUT2D eigenvalue weighted by Crippen LogP contribution is 2.34. The molecule has 1 fully saturated rings. The van der Waals surface area contributed by atoms with E-state index in [1.807, 2.05) is 11.8 Å². The van der Waals surface area contributed by atoms with Crippen LogP contribution in [0.2, 0.25) is 0 Å². The fourth-order valence-corrected chi connectivity index (χ4v) is 2.02. The van der Waals surface area contributed by atoms with E-state index in [9.17, 15) is 13.2 Å². The van der Waals surface area contributed by atoms with Crippen LogP contribution in [0.1, 0.15) is 5.56 Å². The zero-order valence-corrected chi connectivity index (χ0v) is 11.2. The molecule has 0 bridgehead atoms. The van der Waals surface area contributed by atoms with Crippen LogP contribution in [0.25, 0.3) is 0 Å². The van der Waals surface area contributed by atoms with Crippen LogP contribution in [0, 0.1) is 6.92 Å². The van der Waals surface area contributed by atoms with E-state index in [4.69, 9.17) is 15.2 Å². The number of nitrogens with two attached hydrogens (primary N) is 1. The van der Waals surface area contributed by atoms with Crippen molar-refractivity contribution in [3.8, 4) is 5.75 Å². The van der Waals surface area contributed by atoms with Gasteiger partial charge in [0.05, 0.1) is 18.9 Å². The topological polar surface area (TPSA) is 47.7 Å². The monoisotopic (exact) mass is 290 g/mol. The van der Waals surface area contributed by atoms with Crippen molar-refractivity contribution in [2.75, 3.05) is 43.5 Å². The summed E-state index contributed by atoms with van der Waals surface area (Å²) in [5.41, 5.74) is 7.61. The molecule has 0 aliphatic carbocycles. The molecule has 0 amide bonds. The van der Waals surface area contributed by atoms with E-state index in [-0.39, 0.29) is 5.75 Å². The second kappa shape index (κ2) is 5.78. The SMILES string of the molecule is Cc1cc(N2CCOCC2)c(OCC(F)(F)F)cc1N. The fraction of sp³-hybridized carbons (Fsp3) is 0.538. The average Bonchev–Trinajstić information content (AvgIpc) is 2.40. The van der Waals surface area contributed by atoms with E-state index < -0.39 is 12.8 Å². The van der Waals surface area contributed by atoms with Crippen LogP contribution in [0.5, 0.6) is 5.75 Å². The lowest BCUT2D eigenvalue weighted by Crippen LogP contribution is -2.36. The maximum Gasteiger partial charge on any atom is 0.422 e. The molecule has 1 aliphatic rings. The Morgan fingerprint density at radius 2 is 1.95 bits per heavy atom. The van der Waals surface area contributed by atoms with Gasteiger partial charge < -0.3 is 20.1 Å². The van der Waals surface area contributed by atoms with E-state index in [1.54, 1.807) is 6.07 Å². The van der Waals surface area contributed by atoms with Gasteiger partial charge in [0.25, 0.3) is 0 Å². The second-order valence-electron chi connectivity index (χ2n) is 4.68. The van der Waals surface area contributed by atoms with Gasteiger partial charge >= 0.3 is 6.18 Å². The zero-order valence-electron chi connectivity index (χ0n) is 11.2. The van der Waals surface area contributed by atoms with Crippen LogP contribution >= 0.6 is 0 Å². The maximum atomic E-state index is 12.3. The third kappa shape index (κ3) is 3.69. The van der Waals surface area contributed by atoms with Crippen molar-refractivity contribution in [3.63, 3.8) is 0 Å². The zero-order chi connectivity index (χ0) is 14.8. The molecule has 1 saturated heterocycles. The lowest BCUT2D eigenvalue weighted by molar-refractivity contribution is -0.153. The molecule has 0 aromatic heterocycles. The third-order valence-corrected chi connectivity index (χ3v) is 3.09. The smallest absolute Gasteiger partial charge is 0.422 e. The Hall–Kier alpha value is -1.63. The molecule has 2 rings (SSSR count). The number of hydrogen-bond donors (Lipinski definition) is 1. The Morgan fingerprint density at radius 1 is 1.30 bits per heavy atom. The normalized spacial score (nSPS) is 16.3. The predicted molar refractivity (Wildman–Crippen MR) is 70.2 cm³/mol. The van der Waals surface area contributed by atoms with Crippen LogP contribution in [-0.2, 0) is 4.74 Å². The molecule has 0 atom stereocenters. The van der Waals surface area contributed by atoms with Crippen LogP contribution in [0.4, 0.5) is 24.5 Å². The number of rotatable bonds is 3. The number of alkyl halides is 3. The van der Waals surface area contributed by atoms with Gasteiger partial charge in [-0.05, 0) is 18.6 Å². The third-order valence-electron chi connectivity index (χ3n) is 3.09. The summed E-state index contributed by atoms with van der Waals surface area (Å²) in [4.78, 5) is 1.95. The highest BCUT2D eigenvalue weighted by molar-refractivity contribution is 5.67. The molecule has 0 radical (unpaired) electrons. The molecular formula is C13H17F3N2O2. The summed E-state index contributed by atoms with van der Waals surface area (Å²) >= 11 is 0. The van der Waals surface area contributed by atoms with Gasteiger partial charge in [-0.1, -0.05) is 0 Å². The first-order valence-corrected chi connectivity index (χ1v) is 6.29. The predicted octanol–water partition coefficient (Wildman–Crippen LogP) is 2.35. The van der Waals surface area contributed by atoms with Crippen LogP contribution in [0.3, 0.4) is 0 Å². The lowest BCUT2D eigenvalue weighted by atomic mass is 10.1. The Balaban J connectivity index is 2.25. The summed E-state index contributed by atoms with van der Waals surface area (Å²) in [7, 11) is 0. The van der Waals surface area contributed by atoms with Gasteiger partial charge in [0.15, 0.2) is 6.61 Å². The fourth-order valence-electron chi connectivity index (χ4n) is 2.02. The van der Waals surface area contributed by atoms with Gasteiger partial charge in [-0.2, -0.15) is 13.2 Å². The van der Waals surface area contributed by atoms with E-state index in [1.165, 1.54) is 6.07 Å². The number of hydrogen-bond acceptors (Lipinski definition) is 4. The van der Waals surface area contributed by atoms with Crippen molar-refractivity contribution < 1.29 is 22.6 Å². The summed E-state index contributed by atoms with van der Waals surface area (Å²) in [6.07, 6.45) is -4.37. The summed E-state index contributed by atoms with van der Waals surface area (Å²) in [5, 5.41) is 0. The first kappa shape index (κ1) is 14.8. The van der Waals surface area contributed by atoms with Crippen LogP contribution in [-0.4, -0.2) is 39.1 Å². The van der Waals surface area contributed by atoms with E-state index >= 15 is 0 Å². The van der Waals surface area contributed by atoms with Crippen molar-refractivity contribution in [1.29, 1.82) is 0 Å². The van der Waals surface area contributed by atoms with Gasteiger partial charge in [0, 0.05) is 24.8 Å². The molecular weight excluding hydrogens is 273 g/mol. The van der Waals surface area contributed by atoms with Crippen molar-refractivity contribution in [3.05, 3.63) is 17.7 Å². The minimum absolute atomic E-state index is 0.160. The van der Waals surface area contributed by atoms with Gasteiger partial charge in [-0.15, -0.1) is 0 Å². The molecule has 1 heterocycles. The van der Waals surface area contributed by atoms with E-state index in [2.05, 4.69) is 0 Å². The van der Waals surface area contributed by atoms with E-state index in [0.29, 0.717) is 37.7 Å². The first-order chi connectivity index (χ1) is 9.37. The number of ether oxygens (including phenoxy) is 2. The summed E-state index contributed by atoms with van der Waals surface area (Å²) < 4.78 is 47.1. The second-order valence-corrected chi connectivity index (χ2v) is 4.68. The van der Waals surface area contributed by atoms with Crippen molar-refractivity contribution in [2.24, 2.45) is 0 Å². The Kier molecular flexibility index (Phi) is 4.27. The molecule has 1 aliphatic heterocycles. The summed E-state index contributed by atoms with van der Waals surface area (Å²) in [6.45, 7) is 2.81. The number of aryl methyl sites for hydroxylation is 1. The highest BCUT2D eigenvalue weighted by atomic mass is 19.4. The number of nitrogen functional groups attached to an aromatic ring is 1. The molecule has 112 valence electrons. The Morgan fingerprint density at radius 3 is 2.55 bits per heavy atom. The van der Waals surface area contributed by atoms with E-state index in [0.717, 1.165) is 5.56 Å². The lowest BCUT2D eigenvalue weighted by Gasteiger charge is -2.31.